The fraction of sp³-hybridized carbons (Fsp3) is 0. The Balaban J connectivity index is 0. The van der Waals surface area contributed by atoms with Crippen molar-refractivity contribution in [3.05, 3.63) is 0 Å². The molecule has 0 fully saturated rings. The predicted molar refractivity (Wildman–Crippen MR) is 32.5 cm³/mol. The van der Waals surface area contributed by atoms with Crippen LogP contribution >= 0.6 is 24.0 Å². The molecule has 0 rings (SSSR count). The van der Waals surface area contributed by atoms with E-state index < -0.39 is 0 Å². The molecule has 0 aromatic carbocycles. The van der Waals surface area contributed by atoms with Gasteiger partial charge in [0.1, 0.15) is 0 Å². The summed E-state index contributed by atoms with van der Waals surface area (Å²) in [6.07, 6.45) is 0. The van der Waals surface area contributed by atoms with Gasteiger partial charge in [-0.25, -0.2) is 0 Å². The molecule has 0 aromatic heterocycles. The van der Waals surface area contributed by atoms with Gasteiger partial charge in [-0.2, -0.15) is 0 Å². The van der Waals surface area contributed by atoms with Crippen molar-refractivity contribution in [3.63, 3.8) is 0 Å². The molecule has 0 aliphatic heterocycles. The molecule has 0 heterocycles. The minimum Gasteiger partial charge on any atom is 0 e. The Labute approximate surface area is 102 Å². The first-order valence-corrected chi connectivity index (χ1v) is 0. The molecule has 0 nitrogen and oxygen atoms in total. The zero-order chi connectivity index (χ0) is 0. The van der Waals surface area contributed by atoms with Crippen molar-refractivity contribution in [2.45, 2.75) is 0 Å². The maximum absolute atomic E-state index is 0. The van der Waals surface area contributed by atoms with Crippen LogP contribution in [0.2, 0.25) is 0 Å². The predicted octanol–water partition coefficient (Wildman–Crippen LogP) is -1.22. The molecule has 4 heavy (non-hydrogen) atoms. The van der Waals surface area contributed by atoms with Crippen molar-refractivity contribution < 1.29 is 19.5 Å². The van der Waals surface area contributed by atoms with E-state index in [0.717, 1.165) is 0 Å². The molecule has 0 amide bonds. The van der Waals surface area contributed by atoms with Gasteiger partial charge in [-0.3, -0.25) is 0 Å². The molecule has 0 N–H and O–H groups in total. The topological polar surface area (TPSA) is 0 Å². The Morgan fingerprint density at radius 1 is 1.00 bits per heavy atom. The van der Waals surface area contributed by atoms with Crippen LogP contribution in [0.1, 0.15) is 0 Å². The summed E-state index contributed by atoms with van der Waals surface area (Å²) in [4.78, 5) is 0. The number of hydrogen-bond donors (Lipinski definition) is 0. The van der Waals surface area contributed by atoms with E-state index in [9.17, 15) is 0 Å². The summed E-state index contributed by atoms with van der Waals surface area (Å²) < 4.78 is 0. The third-order valence-electron chi connectivity index (χ3n) is 0. The van der Waals surface area contributed by atoms with Crippen molar-refractivity contribution in [3.8, 4) is 0 Å². The fourth-order valence-corrected chi connectivity index (χ4v) is 0. The van der Waals surface area contributed by atoms with Crippen molar-refractivity contribution in [1.82, 2.24) is 0 Å². The van der Waals surface area contributed by atoms with Crippen LogP contribution in [0.15, 0.2) is 0 Å². The molecular formula is H5CaIMgZn. The number of rotatable bonds is 0. The average molecular weight is 262 g/mol. The Bertz CT molecular complexity index is 8.00. The number of hydrogen-bond acceptors (Lipinski definition) is 0. The van der Waals surface area contributed by atoms with Gasteiger partial charge in [0.05, 0.1) is 0 Å². The summed E-state index contributed by atoms with van der Waals surface area (Å²) in [5.41, 5.74) is 0. The van der Waals surface area contributed by atoms with E-state index in [1.807, 2.05) is 0 Å². The zero-order valence-corrected chi connectivity index (χ0v) is 6.41. The first kappa shape index (κ1) is 26.3. The van der Waals surface area contributed by atoms with E-state index in [2.05, 4.69) is 0 Å². The Morgan fingerprint density at radius 2 is 1.00 bits per heavy atom. The smallest absolute Gasteiger partial charge is 0 e. The molecule has 0 aliphatic carbocycles. The maximum atomic E-state index is 0. The summed E-state index contributed by atoms with van der Waals surface area (Å²) in [5.74, 6) is 0. The van der Waals surface area contributed by atoms with Gasteiger partial charge in [0.25, 0.3) is 0 Å². The SMILES string of the molecule is I.[CaH2].[MgH2].[Zn]. The summed E-state index contributed by atoms with van der Waals surface area (Å²) in [6, 6.07) is 0. The van der Waals surface area contributed by atoms with Crippen LogP contribution in [0.25, 0.3) is 0 Å². The van der Waals surface area contributed by atoms with E-state index in [1.165, 1.54) is 0 Å². The van der Waals surface area contributed by atoms with Crippen molar-refractivity contribution >= 4 is 84.8 Å². The quantitative estimate of drug-likeness (QED) is 0.379. The van der Waals surface area contributed by atoms with Crippen molar-refractivity contribution in [2.24, 2.45) is 0 Å². The van der Waals surface area contributed by atoms with Gasteiger partial charge in [-0.1, -0.05) is 0 Å². The van der Waals surface area contributed by atoms with Crippen LogP contribution in [0.5, 0.6) is 0 Å². The van der Waals surface area contributed by atoms with Gasteiger partial charge in [-0.15, -0.1) is 24.0 Å². The van der Waals surface area contributed by atoms with Gasteiger partial charge < -0.3 is 0 Å². The van der Waals surface area contributed by atoms with Crippen LogP contribution in [0.3, 0.4) is 0 Å². The number of halogens is 1. The summed E-state index contributed by atoms with van der Waals surface area (Å²) >= 11 is 0. The van der Waals surface area contributed by atoms with Gasteiger partial charge in [0.2, 0.25) is 0 Å². The van der Waals surface area contributed by atoms with E-state index >= 15 is 0 Å². The summed E-state index contributed by atoms with van der Waals surface area (Å²) in [5, 5.41) is 0. The average Bonchev–Trinajstić information content (AvgIpc) is 0. The van der Waals surface area contributed by atoms with Crippen molar-refractivity contribution in [2.75, 3.05) is 0 Å². The van der Waals surface area contributed by atoms with E-state index in [1.54, 1.807) is 0 Å². The third kappa shape index (κ3) is 9.03. The minimum atomic E-state index is 0. The van der Waals surface area contributed by atoms with E-state index in [0.29, 0.717) is 0 Å². The minimum absolute atomic E-state index is 0. The van der Waals surface area contributed by atoms with Crippen molar-refractivity contribution in [1.29, 1.82) is 0 Å². The van der Waals surface area contributed by atoms with Crippen LogP contribution in [0, 0.1) is 0 Å². The second-order valence-electron chi connectivity index (χ2n) is 0. The Hall–Kier alpha value is 3.38. The first-order chi connectivity index (χ1) is 0. The maximum Gasteiger partial charge on any atom is 0.316 e. The normalized spacial score (nSPS) is 0. The molecule has 4 heteroatoms. The standard InChI is InChI=1S/Ca.HI.Mg.Zn.4H/h;1H;;;;;;. The molecule has 0 radical (unpaired) electrons. The van der Waals surface area contributed by atoms with E-state index in [-0.39, 0.29) is 104 Å². The molecule has 0 atom stereocenters. The molecule has 0 bridgehead atoms. The van der Waals surface area contributed by atoms with Gasteiger partial charge >= 0.3 is 60.8 Å². The third-order valence-corrected chi connectivity index (χ3v) is 0. The second-order valence-corrected chi connectivity index (χ2v) is 0. The zero-order valence-electron chi connectivity index (χ0n) is 1.12. The second kappa shape index (κ2) is 16.2. The molecule has 0 saturated carbocycles. The molecule has 0 spiro atoms. The van der Waals surface area contributed by atoms with Crippen LogP contribution in [-0.2, 0) is 19.5 Å². The molecule has 0 saturated heterocycles. The molecule has 18 valence electrons. The summed E-state index contributed by atoms with van der Waals surface area (Å²) in [6.45, 7) is 0. The van der Waals surface area contributed by atoms with Crippen LogP contribution < -0.4 is 0 Å². The van der Waals surface area contributed by atoms with E-state index in [4.69, 9.17) is 0 Å². The Morgan fingerprint density at radius 3 is 1.00 bits per heavy atom. The first-order valence-electron chi connectivity index (χ1n) is 0. The molecule has 0 aromatic rings. The van der Waals surface area contributed by atoms with Crippen LogP contribution in [0.4, 0.5) is 0 Å². The molecule has 0 aliphatic rings. The molecular weight excluding hydrogens is 257 g/mol. The van der Waals surface area contributed by atoms with Crippen LogP contribution in [-0.4, -0.2) is 60.8 Å². The fourth-order valence-electron chi connectivity index (χ4n) is 0. The Kier molecular flexibility index (Phi) is 106. The summed E-state index contributed by atoms with van der Waals surface area (Å²) in [7, 11) is 0. The van der Waals surface area contributed by atoms with Gasteiger partial charge in [-0.05, 0) is 0 Å². The van der Waals surface area contributed by atoms with Gasteiger partial charge in [0.15, 0.2) is 0 Å². The monoisotopic (exact) mass is 260 g/mol. The molecule has 0 unspecified atom stereocenters. The largest absolute Gasteiger partial charge is 0.316 e. The van der Waals surface area contributed by atoms with Gasteiger partial charge in [0, 0.05) is 19.5 Å².